The summed E-state index contributed by atoms with van der Waals surface area (Å²) in [7, 11) is 0. The third-order valence-electron chi connectivity index (χ3n) is 8.11. The van der Waals surface area contributed by atoms with Gasteiger partial charge in [-0.15, -0.1) is 0 Å². The SMILES string of the molecule is CC(=O)N[C@@H](CCC(=O)O)C(=O)N[C@@H](CC(=O)O)C(=O)N[C@H](C(=O)N[C@H](C(=O)N1CC2CC2[C@H]1C(=O)NC(C)C=O)C(C)C)C(C)C. The van der Waals surface area contributed by atoms with Gasteiger partial charge in [-0.3, -0.25) is 38.4 Å². The molecule has 0 spiro atoms. The number of likely N-dealkylation sites (tertiary alicyclic amines) is 1. The highest BCUT2D eigenvalue weighted by Gasteiger charge is 2.57. The predicted molar refractivity (Wildman–Crippen MR) is 163 cm³/mol. The van der Waals surface area contributed by atoms with Crippen LogP contribution in [0.1, 0.15) is 67.2 Å². The van der Waals surface area contributed by atoms with Crippen LogP contribution in [0, 0.1) is 23.7 Å². The van der Waals surface area contributed by atoms with Crippen LogP contribution in [-0.2, 0) is 43.2 Å². The average Bonchev–Trinajstić information content (AvgIpc) is 3.62. The van der Waals surface area contributed by atoms with E-state index < -0.39 is 108 Å². The molecule has 1 aliphatic carbocycles. The number of carboxylic acid groups (broad SMARTS) is 2. The first-order chi connectivity index (χ1) is 21.9. The van der Waals surface area contributed by atoms with Gasteiger partial charge in [0.25, 0.3) is 0 Å². The number of piperidine rings is 1. The van der Waals surface area contributed by atoms with Crippen LogP contribution in [0.15, 0.2) is 0 Å². The van der Waals surface area contributed by atoms with Crippen molar-refractivity contribution >= 4 is 53.7 Å². The third kappa shape index (κ3) is 11.0. The summed E-state index contributed by atoms with van der Waals surface area (Å²) < 4.78 is 0. The molecule has 47 heavy (non-hydrogen) atoms. The molecule has 1 aliphatic heterocycles. The summed E-state index contributed by atoms with van der Waals surface area (Å²) in [5, 5.41) is 30.6. The normalized spacial score (nSPS) is 21.3. The van der Waals surface area contributed by atoms with Crippen LogP contribution < -0.4 is 26.6 Å². The van der Waals surface area contributed by atoms with Gasteiger partial charge >= 0.3 is 11.9 Å². The number of aldehydes is 1. The summed E-state index contributed by atoms with van der Waals surface area (Å²) in [6, 6.07) is -7.02. The van der Waals surface area contributed by atoms with E-state index in [9.17, 15) is 48.3 Å². The fourth-order valence-electron chi connectivity index (χ4n) is 5.53. The van der Waals surface area contributed by atoms with E-state index in [1.165, 1.54) is 11.8 Å². The molecule has 0 aromatic carbocycles. The second kappa shape index (κ2) is 16.8. The van der Waals surface area contributed by atoms with Crippen LogP contribution >= 0.6 is 0 Å². The van der Waals surface area contributed by atoms with E-state index in [2.05, 4.69) is 26.6 Å². The Bertz CT molecular complexity index is 1250. The maximum atomic E-state index is 13.8. The van der Waals surface area contributed by atoms with Gasteiger partial charge in [-0.1, -0.05) is 27.7 Å². The number of hydrogen-bond donors (Lipinski definition) is 7. The molecule has 7 N–H and O–H groups in total. The zero-order valence-electron chi connectivity index (χ0n) is 27.4. The quantitative estimate of drug-likeness (QED) is 0.0799. The first kappa shape index (κ1) is 38.6. The van der Waals surface area contributed by atoms with Crippen LogP contribution in [0.4, 0.5) is 0 Å². The average molecular weight is 667 g/mol. The molecule has 17 nitrogen and oxygen atoms in total. The fraction of sp³-hybridized carbons (Fsp3) is 0.700. The Kier molecular flexibility index (Phi) is 13.8. The van der Waals surface area contributed by atoms with E-state index >= 15 is 0 Å². The summed E-state index contributed by atoms with van der Waals surface area (Å²) in [5.41, 5.74) is 0. The molecule has 0 bridgehead atoms. The number of rotatable bonds is 18. The van der Waals surface area contributed by atoms with E-state index in [4.69, 9.17) is 5.11 Å². The van der Waals surface area contributed by atoms with Gasteiger partial charge in [0.05, 0.1) is 12.5 Å². The zero-order valence-corrected chi connectivity index (χ0v) is 27.4. The van der Waals surface area contributed by atoms with Crippen molar-refractivity contribution < 1.29 is 53.4 Å². The highest BCUT2D eigenvalue weighted by molar-refractivity contribution is 5.98. The lowest BCUT2D eigenvalue weighted by Gasteiger charge is -2.33. The number of carbonyl (C=O) groups is 9. The molecule has 1 saturated carbocycles. The van der Waals surface area contributed by atoms with E-state index in [0.717, 1.165) is 13.3 Å². The number of amides is 6. The molecule has 1 heterocycles. The van der Waals surface area contributed by atoms with E-state index in [1.54, 1.807) is 27.7 Å². The van der Waals surface area contributed by atoms with E-state index in [1.807, 2.05) is 0 Å². The number of carbonyl (C=O) groups excluding carboxylic acids is 7. The van der Waals surface area contributed by atoms with Crippen molar-refractivity contribution in [3.63, 3.8) is 0 Å². The summed E-state index contributed by atoms with van der Waals surface area (Å²) in [6.07, 6.45) is -0.389. The maximum Gasteiger partial charge on any atom is 0.305 e. The lowest BCUT2D eigenvalue weighted by atomic mass is 9.98. The molecule has 2 fully saturated rings. The minimum Gasteiger partial charge on any atom is -0.481 e. The summed E-state index contributed by atoms with van der Waals surface area (Å²) >= 11 is 0. The van der Waals surface area contributed by atoms with Crippen molar-refractivity contribution in [2.75, 3.05) is 6.54 Å². The predicted octanol–water partition coefficient (Wildman–Crippen LogP) is -1.85. The molecule has 2 aliphatic rings. The van der Waals surface area contributed by atoms with Crippen molar-refractivity contribution in [3.8, 4) is 0 Å². The minimum atomic E-state index is -1.71. The Morgan fingerprint density at radius 2 is 1.34 bits per heavy atom. The molecule has 1 saturated heterocycles. The van der Waals surface area contributed by atoms with E-state index in [-0.39, 0.29) is 18.3 Å². The molecular weight excluding hydrogens is 620 g/mol. The van der Waals surface area contributed by atoms with Gasteiger partial charge in [0, 0.05) is 19.9 Å². The lowest BCUT2D eigenvalue weighted by Crippen LogP contribution is -2.61. The first-order valence-electron chi connectivity index (χ1n) is 15.6. The molecular formula is C30H46N6O11. The number of fused-ring (bicyclic) bond motifs is 1. The first-order valence-corrected chi connectivity index (χ1v) is 15.6. The molecule has 3 unspecified atom stereocenters. The number of aliphatic carboxylic acids is 2. The molecule has 0 aromatic rings. The summed E-state index contributed by atoms with van der Waals surface area (Å²) in [4.78, 5) is 113. The van der Waals surface area contributed by atoms with Crippen molar-refractivity contribution in [1.29, 1.82) is 0 Å². The molecule has 262 valence electrons. The highest BCUT2D eigenvalue weighted by atomic mass is 16.4. The third-order valence-corrected chi connectivity index (χ3v) is 8.11. The molecule has 0 radical (unpaired) electrons. The van der Waals surface area contributed by atoms with Crippen LogP contribution in [0.5, 0.6) is 0 Å². The van der Waals surface area contributed by atoms with Crippen molar-refractivity contribution in [2.24, 2.45) is 23.7 Å². The van der Waals surface area contributed by atoms with Gasteiger partial charge < -0.3 is 46.5 Å². The monoisotopic (exact) mass is 666 g/mol. The van der Waals surface area contributed by atoms with E-state index in [0.29, 0.717) is 12.8 Å². The number of nitrogens with zero attached hydrogens (tertiary/aromatic N) is 1. The van der Waals surface area contributed by atoms with Crippen LogP contribution in [0.2, 0.25) is 0 Å². The molecule has 8 atom stereocenters. The van der Waals surface area contributed by atoms with Gasteiger partial charge in [-0.2, -0.15) is 0 Å². The second-order valence-corrected chi connectivity index (χ2v) is 12.8. The fourth-order valence-corrected chi connectivity index (χ4v) is 5.53. The van der Waals surface area contributed by atoms with Crippen LogP contribution in [0.25, 0.3) is 0 Å². The second-order valence-electron chi connectivity index (χ2n) is 12.8. The van der Waals surface area contributed by atoms with Crippen LogP contribution in [0.3, 0.4) is 0 Å². The smallest absolute Gasteiger partial charge is 0.305 e. The summed E-state index contributed by atoms with van der Waals surface area (Å²) in [6.45, 7) is 9.51. The lowest BCUT2D eigenvalue weighted by molar-refractivity contribution is -0.144. The number of nitrogens with one attached hydrogen (secondary N) is 5. The topological polar surface area (TPSA) is 257 Å². The van der Waals surface area contributed by atoms with Gasteiger partial charge in [0.1, 0.15) is 36.5 Å². The van der Waals surface area contributed by atoms with Crippen molar-refractivity contribution in [1.82, 2.24) is 31.5 Å². The summed E-state index contributed by atoms with van der Waals surface area (Å²) in [5.74, 6) is -8.08. The van der Waals surface area contributed by atoms with Gasteiger partial charge in [-0.25, -0.2) is 0 Å². The Morgan fingerprint density at radius 3 is 1.85 bits per heavy atom. The van der Waals surface area contributed by atoms with Gasteiger partial charge in [0.15, 0.2) is 0 Å². The Balaban J connectivity index is 2.21. The number of hydrogen-bond acceptors (Lipinski definition) is 9. The Labute approximate surface area is 272 Å². The maximum absolute atomic E-state index is 13.8. The Morgan fingerprint density at radius 1 is 0.766 bits per heavy atom. The highest BCUT2D eigenvalue weighted by Crippen LogP contribution is 2.49. The Hall–Kier alpha value is -4.57. The van der Waals surface area contributed by atoms with Crippen LogP contribution in [-0.4, -0.2) is 112 Å². The zero-order chi connectivity index (χ0) is 35.7. The minimum absolute atomic E-state index is 0.0558. The van der Waals surface area contributed by atoms with Crippen molar-refractivity contribution in [3.05, 3.63) is 0 Å². The van der Waals surface area contributed by atoms with Gasteiger partial charge in [-0.05, 0) is 43.4 Å². The number of carboxylic acids is 2. The van der Waals surface area contributed by atoms with Crippen molar-refractivity contribution in [2.45, 2.75) is 103 Å². The molecule has 2 rings (SSSR count). The molecule has 0 aromatic heterocycles. The molecule has 17 heteroatoms. The molecule has 6 amide bonds. The van der Waals surface area contributed by atoms with Gasteiger partial charge in [0.2, 0.25) is 35.4 Å². The standard InChI is InChI=1S/C30H46N6O11/c1-13(2)23(34-27(44)20(10-22(41)42)33-26(43)19(32-16(6)38)7-8-21(39)40)28(45)35-24(14(3)4)30(47)36-11-17-9-18(17)25(36)29(46)31-15(5)12-37/h12-15,17-20,23-25H,7-11H2,1-6H3,(H,31,46)(H,32,38)(H,33,43)(H,34,44)(H,35,45)(H,39,40)(H,41,42)/t15?,17?,18?,19-,20-,23-,24-,25-/m0/s1. The largest absolute Gasteiger partial charge is 0.481 e.